The summed E-state index contributed by atoms with van der Waals surface area (Å²) in [6.07, 6.45) is 2.28. The summed E-state index contributed by atoms with van der Waals surface area (Å²) in [6, 6.07) is -0.510. The molecular formula is C16H30N2O2. The molecule has 116 valence electrons. The van der Waals surface area contributed by atoms with Crippen LogP contribution in [0.25, 0.3) is 0 Å². The predicted octanol–water partition coefficient (Wildman–Crippen LogP) is 2.57. The molecule has 0 radical (unpaired) electrons. The van der Waals surface area contributed by atoms with Crippen molar-refractivity contribution in [3.63, 3.8) is 0 Å². The lowest BCUT2D eigenvalue weighted by Crippen LogP contribution is -2.66. The third-order valence-electron chi connectivity index (χ3n) is 4.15. The zero-order valence-corrected chi connectivity index (χ0v) is 13.8. The highest BCUT2D eigenvalue weighted by atomic mass is 16.2. The fourth-order valence-electron chi connectivity index (χ4n) is 3.19. The number of hydrogen-bond donors (Lipinski definition) is 1. The van der Waals surface area contributed by atoms with E-state index in [0.29, 0.717) is 24.7 Å². The van der Waals surface area contributed by atoms with Crippen molar-refractivity contribution in [2.75, 3.05) is 0 Å². The van der Waals surface area contributed by atoms with Gasteiger partial charge in [-0.05, 0) is 31.1 Å². The van der Waals surface area contributed by atoms with E-state index in [1.807, 2.05) is 11.8 Å². The minimum Gasteiger partial charge on any atom is -0.342 e. The molecule has 1 aliphatic rings. The molecule has 3 atom stereocenters. The number of nitrogens with one attached hydrogen (secondary N) is 1. The number of carbonyl (C=O) groups excluding carboxylic acids is 2. The van der Waals surface area contributed by atoms with Crippen LogP contribution in [0.15, 0.2) is 0 Å². The van der Waals surface area contributed by atoms with Crippen molar-refractivity contribution >= 4 is 11.8 Å². The molecule has 1 N–H and O–H groups in total. The van der Waals surface area contributed by atoms with Gasteiger partial charge >= 0.3 is 0 Å². The van der Waals surface area contributed by atoms with Gasteiger partial charge < -0.3 is 10.2 Å². The Morgan fingerprint density at radius 2 is 1.75 bits per heavy atom. The van der Waals surface area contributed by atoms with Gasteiger partial charge in [-0.2, -0.15) is 0 Å². The molecule has 0 aromatic heterocycles. The Balaban J connectivity index is 3.05. The molecule has 1 aliphatic heterocycles. The Bertz CT molecular complexity index is 352. The third kappa shape index (κ3) is 3.53. The Hall–Kier alpha value is -1.06. The normalized spacial score (nSPS) is 25.3. The molecule has 0 bridgehead atoms. The van der Waals surface area contributed by atoms with Crippen LogP contribution in [-0.2, 0) is 9.59 Å². The second kappa shape index (κ2) is 7.09. The first kappa shape index (κ1) is 17.0. The van der Waals surface area contributed by atoms with E-state index < -0.39 is 0 Å². The minimum absolute atomic E-state index is 0.0110. The lowest BCUT2D eigenvalue weighted by Gasteiger charge is -2.44. The number of carbonyl (C=O) groups is 2. The Labute approximate surface area is 123 Å². The largest absolute Gasteiger partial charge is 0.342 e. The van der Waals surface area contributed by atoms with Crippen molar-refractivity contribution in [1.29, 1.82) is 0 Å². The third-order valence-corrected chi connectivity index (χ3v) is 4.15. The topological polar surface area (TPSA) is 49.4 Å². The van der Waals surface area contributed by atoms with Crippen LogP contribution in [0.3, 0.4) is 0 Å². The number of amides is 2. The van der Waals surface area contributed by atoms with Crippen molar-refractivity contribution in [2.45, 2.75) is 78.9 Å². The highest BCUT2D eigenvalue weighted by Gasteiger charge is 2.43. The summed E-state index contributed by atoms with van der Waals surface area (Å²) in [6.45, 7) is 12.5. The first-order valence-electron chi connectivity index (χ1n) is 7.95. The predicted molar refractivity (Wildman–Crippen MR) is 81.2 cm³/mol. The molecule has 1 rings (SSSR count). The van der Waals surface area contributed by atoms with E-state index in [0.717, 1.165) is 6.42 Å². The maximum atomic E-state index is 12.8. The molecule has 1 fully saturated rings. The molecule has 3 unspecified atom stereocenters. The molecule has 0 saturated carbocycles. The Morgan fingerprint density at radius 3 is 2.15 bits per heavy atom. The van der Waals surface area contributed by atoms with Crippen LogP contribution in [0, 0.1) is 11.8 Å². The summed E-state index contributed by atoms with van der Waals surface area (Å²) in [5.74, 6) is 0.870. The van der Waals surface area contributed by atoms with Crippen molar-refractivity contribution < 1.29 is 9.59 Å². The van der Waals surface area contributed by atoms with Crippen molar-refractivity contribution in [3.05, 3.63) is 0 Å². The molecule has 4 heteroatoms. The van der Waals surface area contributed by atoms with Crippen molar-refractivity contribution in [3.8, 4) is 0 Å². The number of nitrogens with zero attached hydrogens (tertiary/aromatic N) is 1. The highest BCUT2D eigenvalue weighted by Crippen LogP contribution is 2.25. The van der Waals surface area contributed by atoms with E-state index in [1.165, 1.54) is 0 Å². The van der Waals surface area contributed by atoms with E-state index in [1.54, 1.807) is 0 Å². The van der Waals surface area contributed by atoms with Crippen LogP contribution in [0.1, 0.15) is 60.8 Å². The smallest absolute Gasteiger partial charge is 0.246 e. The molecule has 4 nitrogen and oxygen atoms in total. The van der Waals surface area contributed by atoms with E-state index in [4.69, 9.17) is 0 Å². The first-order chi connectivity index (χ1) is 9.33. The van der Waals surface area contributed by atoms with Crippen LogP contribution < -0.4 is 5.32 Å². The van der Waals surface area contributed by atoms with Gasteiger partial charge in [0.1, 0.15) is 12.1 Å². The van der Waals surface area contributed by atoms with E-state index in [-0.39, 0.29) is 29.9 Å². The van der Waals surface area contributed by atoms with Gasteiger partial charge in [0.2, 0.25) is 11.8 Å². The highest BCUT2D eigenvalue weighted by molar-refractivity contribution is 5.97. The van der Waals surface area contributed by atoms with Gasteiger partial charge in [-0.15, -0.1) is 0 Å². The number of hydrogen-bond acceptors (Lipinski definition) is 2. The molecular weight excluding hydrogens is 252 g/mol. The van der Waals surface area contributed by atoms with Crippen LogP contribution in [0.2, 0.25) is 0 Å². The fourth-order valence-corrected chi connectivity index (χ4v) is 3.19. The van der Waals surface area contributed by atoms with Gasteiger partial charge in [-0.25, -0.2) is 0 Å². The molecule has 1 heterocycles. The maximum Gasteiger partial charge on any atom is 0.246 e. The SMILES string of the molecule is CCC1C(=O)NC(CC(C)C)C(=O)N1C(CC)C(C)C. The summed E-state index contributed by atoms with van der Waals surface area (Å²) in [5.41, 5.74) is 0. The van der Waals surface area contributed by atoms with Gasteiger partial charge in [0.05, 0.1) is 0 Å². The molecule has 0 spiro atoms. The number of rotatable bonds is 6. The summed E-state index contributed by atoms with van der Waals surface area (Å²) in [4.78, 5) is 27.0. The first-order valence-corrected chi connectivity index (χ1v) is 7.95. The molecule has 20 heavy (non-hydrogen) atoms. The summed E-state index contributed by atoms with van der Waals surface area (Å²) >= 11 is 0. The summed E-state index contributed by atoms with van der Waals surface area (Å²) in [7, 11) is 0. The second-order valence-electron chi connectivity index (χ2n) is 6.58. The average Bonchev–Trinajstić information content (AvgIpc) is 2.34. The van der Waals surface area contributed by atoms with E-state index in [2.05, 4.69) is 39.9 Å². The quantitative estimate of drug-likeness (QED) is 0.814. The zero-order chi connectivity index (χ0) is 15.4. The summed E-state index contributed by atoms with van der Waals surface area (Å²) in [5, 5.41) is 2.92. The standard InChI is InChI=1S/C16H30N2O2/c1-7-13(11(5)6)18-14(8-2)15(19)17-12(16(18)20)9-10(3)4/h10-14H,7-9H2,1-6H3,(H,17,19). The average molecular weight is 282 g/mol. The minimum atomic E-state index is -0.349. The lowest BCUT2D eigenvalue weighted by atomic mass is 9.91. The monoisotopic (exact) mass is 282 g/mol. The van der Waals surface area contributed by atoms with Crippen LogP contribution in [-0.4, -0.2) is 34.8 Å². The second-order valence-corrected chi connectivity index (χ2v) is 6.58. The maximum absolute atomic E-state index is 12.8. The lowest BCUT2D eigenvalue weighted by molar-refractivity contribution is -0.154. The molecule has 0 aromatic carbocycles. The van der Waals surface area contributed by atoms with Crippen molar-refractivity contribution in [2.24, 2.45) is 11.8 Å². The van der Waals surface area contributed by atoms with Gasteiger partial charge in [-0.1, -0.05) is 41.5 Å². The number of piperazine rings is 1. The van der Waals surface area contributed by atoms with E-state index in [9.17, 15) is 9.59 Å². The van der Waals surface area contributed by atoms with Crippen molar-refractivity contribution in [1.82, 2.24) is 10.2 Å². The van der Waals surface area contributed by atoms with E-state index >= 15 is 0 Å². The van der Waals surface area contributed by atoms with Crippen LogP contribution >= 0.6 is 0 Å². The van der Waals surface area contributed by atoms with Crippen LogP contribution in [0.4, 0.5) is 0 Å². The molecule has 0 aliphatic carbocycles. The Kier molecular flexibility index (Phi) is 6.03. The fraction of sp³-hybridized carbons (Fsp3) is 0.875. The van der Waals surface area contributed by atoms with Gasteiger partial charge in [-0.3, -0.25) is 9.59 Å². The molecule has 0 aromatic rings. The molecule has 2 amide bonds. The van der Waals surface area contributed by atoms with Gasteiger partial charge in [0.15, 0.2) is 0 Å². The van der Waals surface area contributed by atoms with Gasteiger partial charge in [0, 0.05) is 6.04 Å². The molecule has 1 saturated heterocycles. The summed E-state index contributed by atoms with van der Waals surface area (Å²) < 4.78 is 0. The van der Waals surface area contributed by atoms with Gasteiger partial charge in [0.25, 0.3) is 0 Å². The zero-order valence-electron chi connectivity index (χ0n) is 13.8. The Morgan fingerprint density at radius 1 is 1.15 bits per heavy atom. The van der Waals surface area contributed by atoms with Crippen LogP contribution in [0.5, 0.6) is 0 Å².